The number of carbonyl (C=O) groups excluding carboxylic acids is 1. The van der Waals surface area contributed by atoms with Gasteiger partial charge in [-0.3, -0.25) is 4.79 Å². The summed E-state index contributed by atoms with van der Waals surface area (Å²) in [6, 6.07) is 13.5. The Balaban J connectivity index is 1.84. The molecule has 0 aliphatic carbocycles. The molecule has 0 spiro atoms. The third-order valence-corrected chi connectivity index (χ3v) is 3.22. The van der Waals surface area contributed by atoms with Crippen LogP contribution < -0.4 is 15.5 Å². The van der Waals surface area contributed by atoms with Crippen LogP contribution in [0.2, 0.25) is 0 Å². The number of amides is 1. The molecule has 3 N–H and O–H groups in total. The standard InChI is InChI=1S/C18H21N3O3/c1-3-24-17-10-6-15(7-11-17)20-13(2)18(23)21-19-12-14-4-8-16(22)9-5-14/h4-13,20,22H,3H2,1-2H3,(H,21,23)/b19-12+. The summed E-state index contributed by atoms with van der Waals surface area (Å²) < 4.78 is 5.37. The first-order valence-electron chi connectivity index (χ1n) is 7.70. The van der Waals surface area contributed by atoms with Gasteiger partial charge in [0.05, 0.1) is 12.8 Å². The summed E-state index contributed by atoms with van der Waals surface area (Å²) in [6.07, 6.45) is 1.51. The number of anilines is 1. The molecular formula is C18H21N3O3. The molecule has 1 unspecified atom stereocenters. The number of benzene rings is 2. The third kappa shape index (κ3) is 5.31. The maximum Gasteiger partial charge on any atom is 0.262 e. The molecule has 0 aliphatic rings. The summed E-state index contributed by atoms with van der Waals surface area (Å²) >= 11 is 0. The van der Waals surface area contributed by atoms with E-state index in [0.29, 0.717) is 6.61 Å². The van der Waals surface area contributed by atoms with Crippen LogP contribution in [-0.4, -0.2) is 29.9 Å². The summed E-state index contributed by atoms with van der Waals surface area (Å²) in [5, 5.41) is 16.2. The molecule has 126 valence electrons. The van der Waals surface area contributed by atoms with E-state index < -0.39 is 6.04 Å². The molecule has 1 amide bonds. The summed E-state index contributed by atoms with van der Waals surface area (Å²) in [6.45, 7) is 4.30. The number of hydrogen-bond acceptors (Lipinski definition) is 5. The summed E-state index contributed by atoms with van der Waals surface area (Å²) in [7, 11) is 0. The van der Waals surface area contributed by atoms with Gasteiger partial charge in [0.2, 0.25) is 0 Å². The van der Waals surface area contributed by atoms with E-state index in [-0.39, 0.29) is 11.7 Å². The monoisotopic (exact) mass is 327 g/mol. The molecule has 0 bridgehead atoms. The molecule has 2 aromatic rings. The van der Waals surface area contributed by atoms with Crippen molar-refractivity contribution < 1.29 is 14.6 Å². The minimum Gasteiger partial charge on any atom is -0.508 e. The molecule has 0 aromatic heterocycles. The van der Waals surface area contributed by atoms with Crippen LogP contribution in [0.15, 0.2) is 53.6 Å². The van der Waals surface area contributed by atoms with Crippen LogP contribution in [0.1, 0.15) is 19.4 Å². The Morgan fingerprint density at radius 2 is 1.88 bits per heavy atom. The Labute approximate surface area is 141 Å². The molecule has 24 heavy (non-hydrogen) atoms. The second-order valence-corrected chi connectivity index (χ2v) is 5.15. The Morgan fingerprint density at radius 3 is 2.50 bits per heavy atom. The number of phenols is 1. The maximum absolute atomic E-state index is 12.0. The van der Waals surface area contributed by atoms with Gasteiger partial charge in [-0.05, 0) is 67.9 Å². The van der Waals surface area contributed by atoms with E-state index in [1.807, 2.05) is 31.2 Å². The lowest BCUT2D eigenvalue weighted by Crippen LogP contribution is -2.34. The smallest absolute Gasteiger partial charge is 0.262 e. The third-order valence-electron chi connectivity index (χ3n) is 3.22. The highest BCUT2D eigenvalue weighted by molar-refractivity contribution is 5.86. The molecular weight excluding hydrogens is 306 g/mol. The van der Waals surface area contributed by atoms with Crippen molar-refractivity contribution in [3.8, 4) is 11.5 Å². The number of rotatable bonds is 7. The van der Waals surface area contributed by atoms with Crippen molar-refractivity contribution in [3.63, 3.8) is 0 Å². The molecule has 6 heteroatoms. The van der Waals surface area contributed by atoms with Crippen LogP contribution in [0, 0.1) is 0 Å². The molecule has 6 nitrogen and oxygen atoms in total. The van der Waals surface area contributed by atoms with Crippen molar-refractivity contribution in [1.29, 1.82) is 0 Å². The normalized spacial score (nSPS) is 11.9. The number of hydrazone groups is 1. The predicted molar refractivity (Wildman–Crippen MR) is 94.5 cm³/mol. The lowest BCUT2D eigenvalue weighted by molar-refractivity contribution is -0.121. The van der Waals surface area contributed by atoms with E-state index >= 15 is 0 Å². The fourth-order valence-electron chi connectivity index (χ4n) is 1.96. The number of ether oxygens (including phenoxy) is 1. The van der Waals surface area contributed by atoms with Crippen molar-refractivity contribution in [2.75, 3.05) is 11.9 Å². The number of phenolic OH excluding ortho intramolecular Hbond substituents is 1. The molecule has 0 aliphatic heterocycles. The molecule has 0 radical (unpaired) electrons. The average Bonchev–Trinajstić information content (AvgIpc) is 2.58. The first kappa shape index (κ1) is 17.3. The summed E-state index contributed by atoms with van der Waals surface area (Å²) in [5.74, 6) is 0.724. The molecule has 2 aromatic carbocycles. The molecule has 0 saturated carbocycles. The number of nitrogens with zero attached hydrogens (tertiary/aromatic N) is 1. The van der Waals surface area contributed by atoms with E-state index in [1.165, 1.54) is 6.21 Å². The van der Waals surface area contributed by atoms with Crippen LogP contribution in [0.4, 0.5) is 5.69 Å². The van der Waals surface area contributed by atoms with Gasteiger partial charge in [0.15, 0.2) is 0 Å². The second kappa shape index (κ2) is 8.57. The number of carbonyl (C=O) groups is 1. The van der Waals surface area contributed by atoms with E-state index in [0.717, 1.165) is 17.0 Å². The minimum atomic E-state index is -0.445. The lowest BCUT2D eigenvalue weighted by atomic mass is 10.2. The largest absolute Gasteiger partial charge is 0.508 e. The van der Waals surface area contributed by atoms with Gasteiger partial charge >= 0.3 is 0 Å². The first-order valence-corrected chi connectivity index (χ1v) is 7.70. The Kier molecular flexibility index (Phi) is 6.19. The fourth-order valence-corrected chi connectivity index (χ4v) is 1.96. The zero-order chi connectivity index (χ0) is 17.4. The highest BCUT2D eigenvalue weighted by atomic mass is 16.5. The number of aromatic hydroxyl groups is 1. The molecule has 2 rings (SSSR count). The van der Waals surface area contributed by atoms with Crippen molar-refractivity contribution in [2.45, 2.75) is 19.9 Å². The van der Waals surface area contributed by atoms with Gasteiger partial charge in [-0.25, -0.2) is 5.43 Å². The van der Waals surface area contributed by atoms with Gasteiger partial charge < -0.3 is 15.2 Å². The zero-order valence-electron chi connectivity index (χ0n) is 13.7. The Bertz CT molecular complexity index is 682. The van der Waals surface area contributed by atoms with Crippen LogP contribution in [-0.2, 0) is 4.79 Å². The van der Waals surface area contributed by atoms with E-state index in [9.17, 15) is 9.90 Å². The summed E-state index contributed by atoms with van der Waals surface area (Å²) in [4.78, 5) is 12.0. The molecule has 1 atom stereocenters. The molecule has 0 fully saturated rings. The summed E-state index contributed by atoms with van der Waals surface area (Å²) in [5.41, 5.74) is 4.08. The highest BCUT2D eigenvalue weighted by Gasteiger charge is 2.11. The quantitative estimate of drug-likeness (QED) is 0.539. The number of nitrogens with one attached hydrogen (secondary N) is 2. The van der Waals surface area contributed by atoms with Crippen molar-refractivity contribution >= 4 is 17.8 Å². The van der Waals surface area contributed by atoms with Crippen molar-refractivity contribution in [1.82, 2.24) is 5.43 Å². The van der Waals surface area contributed by atoms with E-state index in [2.05, 4.69) is 15.8 Å². The minimum absolute atomic E-state index is 0.185. The number of hydrogen-bond donors (Lipinski definition) is 3. The fraction of sp³-hybridized carbons (Fsp3) is 0.222. The van der Waals surface area contributed by atoms with Gasteiger partial charge in [0.25, 0.3) is 5.91 Å². The van der Waals surface area contributed by atoms with E-state index in [4.69, 9.17) is 4.74 Å². The Morgan fingerprint density at radius 1 is 1.21 bits per heavy atom. The molecule has 0 saturated heterocycles. The van der Waals surface area contributed by atoms with Crippen LogP contribution in [0.25, 0.3) is 0 Å². The molecule has 0 heterocycles. The topological polar surface area (TPSA) is 83.0 Å². The van der Waals surface area contributed by atoms with Crippen LogP contribution in [0.3, 0.4) is 0 Å². The van der Waals surface area contributed by atoms with Crippen LogP contribution in [0.5, 0.6) is 11.5 Å². The van der Waals surface area contributed by atoms with Gasteiger partial charge in [-0.1, -0.05) is 0 Å². The van der Waals surface area contributed by atoms with Gasteiger partial charge in [0, 0.05) is 5.69 Å². The van der Waals surface area contributed by atoms with Gasteiger partial charge in [0.1, 0.15) is 17.5 Å². The highest BCUT2D eigenvalue weighted by Crippen LogP contribution is 2.16. The van der Waals surface area contributed by atoms with Gasteiger partial charge in [-0.2, -0.15) is 5.10 Å². The zero-order valence-corrected chi connectivity index (χ0v) is 13.7. The van der Waals surface area contributed by atoms with Crippen LogP contribution >= 0.6 is 0 Å². The average molecular weight is 327 g/mol. The SMILES string of the molecule is CCOc1ccc(NC(C)C(=O)N/N=C/c2ccc(O)cc2)cc1. The van der Waals surface area contributed by atoms with Gasteiger partial charge in [-0.15, -0.1) is 0 Å². The maximum atomic E-state index is 12.0. The van der Waals surface area contributed by atoms with Crippen molar-refractivity contribution in [2.24, 2.45) is 5.10 Å². The lowest BCUT2D eigenvalue weighted by Gasteiger charge is -2.13. The van der Waals surface area contributed by atoms with Crippen molar-refractivity contribution in [3.05, 3.63) is 54.1 Å². The van der Waals surface area contributed by atoms with E-state index in [1.54, 1.807) is 31.2 Å². The first-order chi connectivity index (χ1) is 11.6. The Hall–Kier alpha value is -3.02. The second-order valence-electron chi connectivity index (χ2n) is 5.15. The predicted octanol–water partition coefficient (Wildman–Crippen LogP) is 2.74.